The number of hydrogen-bond donors (Lipinski definition) is 0. The molecule has 0 radical (unpaired) electrons. The second kappa shape index (κ2) is 7.98. The van der Waals surface area contributed by atoms with Gasteiger partial charge in [0.05, 0.1) is 0 Å². The molecule has 34 heavy (non-hydrogen) atoms. The van der Waals surface area contributed by atoms with Gasteiger partial charge < -0.3 is 14.1 Å². The topological polar surface area (TPSA) is 76.8 Å². The minimum Gasteiger partial charge on any atom is -0.459 e. The Morgan fingerprint density at radius 1 is 1.12 bits per heavy atom. The standard InChI is InChI=1S/C26H22FNO5S/c27-19-6-4-18(5-7-19)26-9-8-23(29)28(26)21(14-34-26)25(31)32-13-17-12-24(30)33-22-11-16-3-1-2-15(16)10-20(17)22/h4-7,10-12,21H,1-3,8-9,13-14H2/t21-,26+/m0/s1. The van der Waals surface area contributed by atoms with E-state index in [4.69, 9.17) is 9.15 Å². The maximum Gasteiger partial charge on any atom is 0.336 e. The molecule has 0 saturated carbocycles. The average molecular weight is 480 g/mol. The van der Waals surface area contributed by atoms with E-state index in [1.54, 1.807) is 17.0 Å². The first-order chi connectivity index (χ1) is 16.4. The van der Waals surface area contributed by atoms with Crippen molar-refractivity contribution < 1.29 is 23.1 Å². The molecule has 2 atom stereocenters. The van der Waals surface area contributed by atoms with Crippen LogP contribution in [0, 0.1) is 5.82 Å². The fourth-order valence-electron chi connectivity index (χ4n) is 5.49. The van der Waals surface area contributed by atoms with Crippen LogP contribution < -0.4 is 5.63 Å². The van der Waals surface area contributed by atoms with Gasteiger partial charge in [-0.3, -0.25) is 4.79 Å². The van der Waals surface area contributed by atoms with E-state index in [1.165, 1.54) is 41.1 Å². The molecule has 0 bridgehead atoms. The van der Waals surface area contributed by atoms with Gasteiger partial charge in [-0.1, -0.05) is 12.1 Å². The molecule has 1 aromatic heterocycles. The summed E-state index contributed by atoms with van der Waals surface area (Å²) in [6, 6.07) is 10.7. The van der Waals surface area contributed by atoms with E-state index in [2.05, 4.69) is 0 Å². The smallest absolute Gasteiger partial charge is 0.336 e. The molecule has 174 valence electrons. The number of rotatable bonds is 4. The molecule has 0 unspecified atom stereocenters. The number of nitrogens with zero attached hydrogens (tertiary/aromatic N) is 1. The predicted octanol–water partition coefficient (Wildman–Crippen LogP) is 4.05. The van der Waals surface area contributed by atoms with Crippen LogP contribution in [0.3, 0.4) is 0 Å². The molecule has 3 aromatic rings. The lowest BCUT2D eigenvalue weighted by Crippen LogP contribution is -2.46. The van der Waals surface area contributed by atoms with E-state index >= 15 is 0 Å². The summed E-state index contributed by atoms with van der Waals surface area (Å²) in [7, 11) is 0. The molecule has 3 aliphatic rings. The Balaban J connectivity index is 1.26. The number of thioether (sulfide) groups is 1. The van der Waals surface area contributed by atoms with Crippen LogP contribution in [0.5, 0.6) is 0 Å². The minimum atomic E-state index is -0.735. The zero-order valence-corrected chi connectivity index (χ0v) is 19.2. The highest BCUT2D eigenvalue weighted by molar-refractivity contribution is 8.00. The lowest BCUT2D eigenvalue weighted by atomic mass is 10.0. The monoisotopic (exact) mass is 479 g/mol. The largest absolute Gasteiger partial charge is 0.459 e. The van der Waals surface area contributed by atoms with Crippen molar-refractivity contribution in [3.63, 3.8) is 0 Å². The summed E-state index contributed by atoms with van der Waals surface area (Å²) in [4.78, 5) is 39.0. The molecule has 2 fully saturated rings. The van der Waals surface area contributed by atoms with Crippen molar-refractivity contribution >= 4 is 34.6 Å². The molecule has 2 saturated heterocycles. The lowest BCUT2D eigenvalue weighted by molar-refractivity contribution is -0.155. The zero-order valence-electron chi connectivity index (χ0n) is 18.3. The molecule has 1 amide bonds. The number of halogens is 1. The third-order valence-electron chi connectivity index (χ3n) is 7.11. The summed E-state index contributed by atoms with van der Waals surface area (Å²) in [5.41, 5.74) is 3.84. The second-order valence-corrected chi connectivity index (χ2v) is 10.3. The lowest BCUT2D eigenvalue weighted by Gasteiger charge is -2.33. The van der Waals surface area contributed by atoms with Crippen molar-refractivity contribution in [2.45, 2.75) is 49.6 Å². The maximum atomic E-state index is 13.5. The normalized spacial score (nSPS) is 23.4. The average Bonchev–Trinajstić information content (AvgIpc) is 3.52. The molecule has 2 aliphatic heterocycles. The Hall–Kier alpha value is -3.13. The number of esters is 1. The molecule has 0 spiro atoms. The van der Waals surface area contributed by atoms with Crippen molar-refractivity contribution in [2.75, 3.05) is 5.75 Å². The van der Waals surface area contributed by atoms with Crippen molar-refractivity contribution in [3.05, 3.63) is 81.0 Å². The highest BCUT2D eigenvalue weighted by Gasteiger charge is 2.57. The van der Waals surface area contributed by atoms with Gasteiger partial charge in [-0.2, -0.15) is 0 Å². The number of aryl methyl sites for hydroxylation is 2. The van der Waals surface area contributed by atoms with E-state index in [0.717, 1.165) is 30.2 Å². The summed E-state index contributed by atoms with van der Waals surface area (Å²) < 4.78 is 24.5. The molecule has 1 aliphatic carbocycles. The Morgan fingerprint density at radius 2 is 1.88 bits per heavy atom. The summed E-state index contributed by atoms with van der Waals surface area (Å²) in [5, 5.41) is 0.770. The van der Waals surface area contributed by atoms with Gasteiger partial charge in [0.15, 0.2) is 0 Å². The van der Waals surface area contributed by atoms with Crippen molar-refractivity contribution in [2.24, 2.45) is 0 Å². The van der Waals surface area contributed by atoms with Gasteiger partial charge in [-0.05, 0) is 66.6 Å². The third kappa shape index (κ3) is 3.35. The van der Waals surface area contributed by atoms with Crippen molar-refractivity contribution in [3.8, 4) is 0 Å². The van der Waals surface area contributed by atoms with E-state index in [9.17, 15) is 18.8 Å². The van der Waals surface area contributed by atoms with Crippen LogP contribution in [-0.2, 0) is 38.6 Å². The Kier molecular flexibility index (Phi) is 5.02. The van der Waals surface area contributed by atoms with Crippen LogP contribution in [-0.4, -0.2) is 28.6 Å². The zero-order chi connectivity index (χ0) is 23.4. The van der Waals surface area contributed by atoms with Crippen LogP contribution in [0.4, 0.5) is 4.39 Å². The molecule has 2 aromatic carbocycles. The van der Waals surface area contributed by atoms with E-state index in [0.29, 0.717) is 29.7 Å². The van der Waals surface area contributed by atoms with Crippen LogP contribution >= 0.6 is 11.8 Å². The highest BCUT2D eigenvalue weighted by Crippen LogP contribution is 2.54. The molecule has 0 N–H and O–H groups in total. The Morgan fingerprint density at radius 3 is 2.68 bits per heavy atom. The van der Waals surface area contributed by atoms with Crippen LogP contribution in [0.25, 0.3) is 11.0 Å². The third-order valence-corrected chi connectivity index (χ3v) is 8.70. The quantitative estimate of drug-likeness (QED) is 0.415. The van der Waals surface area contributed by atoms with Gasteiger partial charge in [-0.15, -0.1) is 11.8 Å². The minimum absolute atomic E-state index is 0.0769. The van der Waals surface area contributed by atoms with E-state index in [1.807, 2.05) is 12.1 Å². The second-order valence-electron chi connectivity index (χ2n) is 9.05. The predicted molar refractivity (Wildman–Crippen MR) is 125 cm³/mol. The van der Waals surface area contributed by atoms with Gasteiger partial charge in [0.1, 0.15) is 28.9 Å². The molecule has 6 nitrogen and oxygen atoms in total. The fraction of sp³-hybridized carbons (Fsp3) is 0.346. The van der Waals surface area contributed by atoms with Gasteiger partial charge in [0.2, 0.25) is 5.91 Å². The summed E-state index contributed by atoms with van der Waals surface area (Å²) in [5.74, 6) is -0.570. The first-order valence-corrected chi connectivity index (χ1v) is 12.4. The number of ether oxygens (including phenoxy) is 1. The maximum absolute atomic E-state index is 13.5. The molecule has 3 heterocycles. The number of carbonyl (C=O) groups is 2. The fourth-order valence-corrected chi connectivity index (χ4v) is 7.12. The summed E-state index contributed by atoms with van der Waals surface area (Å²) >= 11 is 1.52. The number of fused-ring (bicyclic) bond motifs is 3. The van der Waals surface area contributed by atoms with Gasteiger partial charge >= 0.3 is 11.6 Å². The number of carbonyl (C=O) groups excluding carboxylic acids is 2. The van der Waals surface area contributed by atoms with Crippen molar-refractivity contribution in [1.29, 1.82) is 0 Å². The SMILES string of the molecule is O=C(OCc1cc(=O)oc2cc3c(cc12)CCC3)[C@@H]1CS[C@@]2(c3ccc(F)cc3)CCC(=O)N12. The van der Waals surface area contributed by atoms with E-state index in [-0.39, 0.29) is 18.3 Å². The molecule has 8 heteroatoms. The molecular formula is C26H22FNO5S. The van der Waals surface area contributed by atoms with Gasteiger partial charge in [0.25, 0.3) is 0 Å². The number of hydrogen-bond acceptors (Lipinski definition) is 6. The van der Waals surface area contributed by atoms with Gasteiger partial charge in [-0.25, -0.2) is 14.0 Å². The van der Waals surface area contributed by atoms with Gasteiger partial charge in [0, 0.05) is 29.2 Å². The van der Waals surface area contributed by atoms with E-state index < -0.39 is 22.5 Å². The van der Waals surface area contributed by atoms with Crippen molar-refractivity contribution in [1.82, 2.24) is 4.90 Å². The molecular weight excluding hydrogens is 457 g/mol. The Labute approximate surface area is 199 Å². The summed E-state index contributed by atoms with van der Waals surface area (Å²) in [6.07, 6.45) is 3.89. The molecule has 6 rings (SSSR count). The van der Waals surface area contributed by atoms with Crippen LogP contribution in [0.2, 0.25) is 0 Å². The summed E-state index contributed by atoms with van der Waals surface area (Å²) in [6.45, 7) is -0.0769. The first-order valence-electron chi connectivity index (χ1n) is 11.4. The number of amides is 1. The van der Waals surface area contributed by atoms with Crippen LogP contribution in [0.15, 0.2) is 51.7 Å². The Bertz CT molecular complexity index is 1380. The highest BCUT2D eigenvalue weighted by atomic mass is 32.2. The van der Waals surface area contributed by atoms with Crippen LogP contribution in [0.1, 0.15) is 41.5 Å². The first kappa shape index (κ1) is 21.4. The number of benzene rings is 2.